The Bertz CT molecular complexity index is 473. The van der Waals surface area contributed by atoms with Crippen LogP contribution in [0, 0.1) is 5.92 Å². The molecule has 2 unspecified atom stereocenters. The summed E-state index contributed by atoms with van der Waals surface area (Å²) in [7, 11) is 0. The van der Waals surface area contributed by atoms with Gasteiger partial charge in [0.05, 0.1) is 11.7 Å². The van der Waals surface area contributed by atoms with Crippen LogP contribution in [-0.2, 0) is 12.6 Å². The Balaban J connectivity index is 2.21. The van der Waals surface area contributed by atoms with Gasteiger partial charge < -0.3 is 10.5 Å². The molecule has 2 N–H and O–H groups in total. The summed E-state index contributed by atoms with van der Waals surface area (Å²) in [5, 5.41) is 0. The van der Waals surface area contributed by atoms with E-state index >= 15 is 0 Å². The minimum absolute atomic E-state index is 0.0534. The zero-order chi connectivity index (χ0) is 15.5. The van der Waals surface area contributed by atoms with E-state index in [4.69, 9.17) is 10.5 Å². The highest BCUT2D eigenvalue weighted by atomic mass is 19.4. The van der Waals surface area contributed by atoms with E-state index in [-0.39, 0.29) is 11.9 Å². The van der Waals surface area contributed by atoms with Gasteiger partial charge in [0.25, 0.3) is 0 Å². The minimum atomic E-state index is -4.40. The predicted octanol–water partition coefficient (Wildman–Crippen LogP) is 4.16. The first-order valence-electron chi connectivity index (χ1n) is 7.47. The lowest BCUT2D eigenvalue weighted by Crippen LogP contribution is -2.25. The summed E-state index contributed by atoms with van der Waals surface area (Å²) in [5.41, 5.74) is 5.31. The molecule has 2 rings (SSSR count). The van der Waals surface area contributed by atoms with Crippen molar-refractivity contribution in [2.24, 2.45) is 11.7 Å². The van der Waals surface area contributed by atoms with Gasteiger partial charge in [-0.2, -0.15) is 13.2 Å². The van der Waals surface area contributed by atoms with E-state index in [0.717, 1.165) is 31.7 Å². The number of halogens is 3. The fourth-order valence-corrected chi connectivity index (χ4v) is 2.89. The molecule has 1 aromatic rings. The number of hydrogen-bond acceptors (Lipinski definition) is 2. The van der Waals surface area contributed by atoms with Crippen molar-refractivity contribution in [1.29, 1.82) is 0 Å². The number of rotatable bonds is 4. The second kappa shape index (κ2) is 6.69. The fourth-order valence-electron chi connectivity index (χ4n) is 2.89. The largest absolute Gasteiger partial charge is 0.490 e. The van der Waals surface area contributed by atoms with Crippen molar-refractivity contribution in [3.8, 4) is 5.75 Å². The second-order valence-corrected chi connectivity index (χ2v) is 5.88. The van der Waals surface area contributed by atoms with E-state index in [1.54, 1.807) is 6.07 Å². The van der Waals surface area contributed by atoms with Gasteiger partial charge in [0.15, 0.2) is 0 Å². The highest BCUT2D eigenvalue weighted by molar-refractivity contribution is 5.39. The quantitative estimate of drug-likeness (QED) is 0.906. The summed E-state index contributed by atoms with van der Waals surface area (Å²) in [5.74, 6) is 0.456. The van der Waals surface area contributed by atoms with Crippen LogP contribution in [0.1, 0.15) is 43.7 Å². The molecule has 1 aromatic carbocycles. The molecule has 0 amide bonds. The number of benzene rings is 1. The smallest absolute Gasteiger partial charge is 0.419 e. The summed E-state index contributed by atoms with van der Waals surface area (Å²) < 4.78 is 45.2. The molecule has 118 valence electrons. The highest BCUT2D eigenvalue weighted by Gasteiger charge is 2.35. The first kappa shape index (κ1) is 16.1. The van der Waals surface area contributed by atoms with Crippen LogP contribution >= 0.6 is 0 Å². The van der Waals surface area contributed by atoms with Crippen molar-refractivity contribution in [3.63, 3.8) is 0 Å². The van der Waals surface area contributed by atoms with Gasteiger partial charge in [-0.05, 0) is 55.8 Å². The summed E-state index contributed by atoms with van der Waals surface area (Å²) in [6.07, 6.45) is -0.298. The standard InChI is InChI=1S/C16H22F3NO/c1-11-3-2-4-13(9-11)21-15-6-5-12(7-8-20)10-14(15)16(17,18)19/h5-6,10-11,13H,2-4,7-9,20H2,1H3. The third-order valence-corrected chi connectivity index (χ3v) is 3.96. The molecule has 5 heteroatoms. The van der Waals surface area contributed by atoms with Crippen LogP contribution in [0.2, 0.25) is 0 Å². The van der Waals surface area contributed by atoms with Crippen LogP contribution in [0.4, 0.5) is 13.2 Å². The van der Waals surface area contributed by atoms with Gasteiger partial charge in [0.2, 0.25) is 0 Å². The number of hydrogen-bond donors (Lipinski definition) is 1. The molecule has 0 radical (unpaired) electrons. The molecule has 1 fully saturated rings. The molecule has 1 aliphatic rings. The molecule has 2 nitrogen and oxygen atoms in total. The van der Waals surface area contributed by atoms with Gasteiger partial charge in [-0.25, -0.2) is 0 Å². The number of nitrogens with two attached hydrogens (primary N) is 1. The third kappa shape index (κ3) is 4.37. The molecule has 0 aliphatic heterocycles. The van der Waals surface area contributed by atoms with Gasteiger partial charge in [-0.1, -0.05) is 19.4 Å². The number of ether oxygens (including phenoxy) is 1. The van der Waals surface area contributed by atoms with Gasteiger partial charge in [0.1, 0.15) is 5.75 Å². The van der Waals surface area contributed by atoms with Gasteiger partial charge in [-0.3, -0.25) is 0 Å². The van der Waals surface area contributed by atoms with E-state index < -0.39 is 11.7 Å². The van der Waals surface area contributed by atoms with E-state index in [1.165, 1.54) is 6.07 Å². The van der Waals surface area contributed by atoms with Crippen molar-refractivity contribution < 1.29 is 17.9 Å². The summed E-state index contributed by atoms with van der Waals surface area (Å²) in [6.45, 7) is 2.45. The Morgan fingerprint density at radius 3 is 2.67 bits per heavy atom. The Hall–Kier alpha value is -1.23. The molecule has 0 saturated heterocycles. The van der Waals surface area contributed by atoms with Crippen molar-refractivity contribution in [3.05, 3.63) is 29.3 Å². The molecule has 1 saturated carbocycles. The normalized spacial score (nSPS) is 23.1. The van der Waals surface area contributed by atoms with Crippen LogP contribution in [0.15, 0.2) is 18.2 Å². The van der Waals surface area contributed by atoms with Crippen molar-refractivity contribution in [1.82, 2.24) is 0 Å². The SMILES string of the molecule is CC1CCCC(Oc2ccc(CCN)cc2C(F)(F)F)C1. The zero-order valence-electron chi connectivity index (χ0n) is 12.2. The first-order chi connectivity index (χ1) is 9.90. The van der Waals surface area contributed by atoms with E-state index in [0.29, 0.717) is 24.4 Å². The average molecular weight is 301 g/mol. The third-order valence-electron chi connectivity index (χ3n) is 3.96. The Morgan fingerprint density at radius 2 is 2.05 bits per heavy atom. The van der Waals surface area contributed by atoms with Crippen LogP contribution in [0.3, 0.4) is 0 Å². The van der Waals surface area contributed by atoms with Crippen LogP contribution in [0.25, 0.3) is 0 Å². The molecule has 1 aliphatic carbocycles. The van der Waals surface area contributed by atoms with Gasteiger partial charge in [-0.15, -0.1) is 0 Å². The summed E-state index contributed by atoms with van der Waals surface area (Å²) in [6, 6.07) is 4.27. The second-order valence-electron chi connectivity index (χ2n) is 5.88. The molecular formula is C16H22F3NO. The maximum absolute atomic E-state index is 13.2. The van der Waals surface area contributed by atoms with Crippen molar-refractivity contribution in [2.45, 2.75) is 51.3 Å². The lowest BCUT2D eigenvalue weighted by atomic mass is 9.88. The van der Waals surface area contributed by atoms with Crippen LogP contribution in [0.5, 0.6) is 5.75 Å². The monoisotopic (exact) mass is 301 g/mol. The van der Waals surface area contributed by atoms with Crippen molar-refractivity contribution >= 4 is 0 Å². The van der Waals surface area contributed by atoms with E-state index in [9.17, 15) is 13.2 Å². The Morgan fingerprint density at radius 1 is 1.29 bits per heavy atom. The Labute approximate surface area is 123 Å². The molecular weight excluding hydrogens is 279 g/mol. The van der Waals surface area contributed by atoms with Crippen LogP contribution in [-0.4, -0.2) is 12.6 Å². The molecule has 0 heterocycles. The lowest BCUT2D eigenvalue weighted by Gasteiger charge is -2.28. The average Bonchev–Trinajstić information content (AvgIpc) is 2.39. The lowest BCUT2D eigenvalue weighted by molar-refractivity contribution is -0.139. The zero-order valence-corrected chi connectivity index (χ0v) is 12.2. The highest BCUT2D eigenvalue weighted by Crippen LogP contribution is 2.38. The minimum Gasteiger partial charge on any atom is -0.490 e. The van der Waals surface area contributed by atoms with E-state index in [1.807, 2.05) is 0 Å². The topological polar surface area (TPSA) is 35.2 Å². The molecule has 2 atom stereocenters. The molecule has 0 bridgehead atoms. The predicted molar refractivity (Wildman–Crippen MR) is 76.3 cm³/mol. The number of alkyl halides is 3. The summed E-state index contributed by atoms with van der Waals surface area (Å²) >= 11 is 0. The maximum atomic E-state index is 13.2. The Kier molecular flexibility index (Phi) is 5.14. The van der Waals surface area contributed by atoms with Crippen LogP contribution < -0.4 is 10.5 Å². The molecule has 21 heavy (non-hydrogen) atoms. The molecule has 0 aromatic heterocycles. The van der Waals surface area contributed by atoms with Crippen molar-refractivity contribution in [2.75, 3.05) is 6.54 Å². The van der Waals surface area contributed by atoms with Gasteiger partial charge >= 0.3 is 6.18 Å². The maximum Gasteiger partial charge on any atom is 0.419 e. The van der Waals surface area contributed by atoms with E-state index in [2.05, 4.69) is 6.92 Å². The summed E-state index contributed by atoms with van der Waals surface area (Å²) in [4.78, 5) is 0. The molecule has 0 spiro atoms. The first-order valence-corrected chi connectivity index (χ1v) is 7.47. The van der Waals surface area contributed by atoms with Gasteiger partial charge in [0, 0.05) is 0 Å². The fraction of sp³-hybridized carbons (Fsp3) is 0.625.